The summed E-state index contributed by atoms with van der Waals surface area (Å²) >= 11 is 0. The van der Waals surface area contributed by atoms with Gasteiger partial charge in [-0.2, -0.15) is 0 Å². The Morgan fingerprint density at radius 3 is 2.71 bits per heavy atom. The Morgan fingerprint density at radius 2 is 2.14 bits per heavy atom. The number of carboxylic acids is 1. The summed E-state index contributed by atoms with van der Waals surface area (Å²) in [7, 11) is 1.57. The predicted octanol–water partition coefficient (Wildman–Crippen LogP) is 2.17. The topological polar surface area (TPSA) is 75.6 Å². The van der Waals surface area contributed by atoms with Crippen molar-refractivity contribution in [2.75, 3.05) is 7.11 Å². The van der Waals surface area contributed by atoms with Crippen molar-refractivity contribution in [1.82, 2.24) is 5.32 Å². The van der Waals surface area contributed by atoms with Gasteiger partial charge >= 0.3 is 5.97 Å². The zero-order chi connectivity index (χ0) is 15.4. The number of hydrogen-bond acceptors (Lipinski definition) is 3. The summed E-state index contributed by atoms with van der Waals surface area (Å²) in [5, 5.41) is 11.8. The number of carbonyl (C=O) groups excluding carboxylic acids is 1. The number of carboxylic acid groups (broad SMARTS) is 1. The summed E-state index contributed by atoms with van der Waals surface area (Å²) < 4.78 is 5.14. The molecule has 2 rings (SSSR count). The van der Waals surface area contributed by atoms with Gasteiger partial charge in [0.15, 0.2) is 0 Å². The van der Waals surface area contributed by atoms with E-state index in [0.717, 1.165) is 18.4 Å². The van der Waals surface area contributed by atoms with Crippen LogP contribution in [0.2, 0.25) is 0 Å². The van der Waals surface area contributed by atoms with E-state index in [2.05, 4.69) is 5.32 Å². The molecule has 0 heterocycles. The van der Waals surface area contributed by atoms with Crippen LogP contribution in [-0.2, 0) is 9.59 Å². The van der Waals surface area contributed by atoms with Gasteiger partial charge in [0.25, 0.3) is 0 Å². The molecular weight excluding hydrogens is 270 g/mol. The summed E-state index contributed by atoms with van der Waals surface area (Å²) in [4.78, 5) is 23.5. The molecule has 0 saturated heterocycles. The predicted molar refractivity (Wildman–Crippen MR) is 78.3 cm³/mol. The normalized spacial score (nSPS) is 16.9. The first-order valence-corrected chi connectivity index (χ1v) is 7.18. The average molecular weight is 291 g/mol. The van der Waals surface area contributed by atoms with Crippen LogP contribution in [0.1, 0.15) is 37.7 Å². The maximum absolute atomic E-state index is 12.2. The van der Waals surface area contributed by atoms with Gasteiger partial charge in [0.05, 0.1) is 13.0 Å². The molecule has 2 atom stereocenters. The van der Waals surface area contributed by atoms with Gasteiger partial charge in [0.1, 0.15) is 11.8 Å². The zero-order valence-corrected chi connectivity index (χ0v) is 12.3. The molecule has 0 aliphatic heterocycles. The molecule has 1 aliphatic carbocycles. The minimum Gasteiger partial charge on any atom is -0.497 e. The standard InChI is InChI=1S/C16H21NO4/c1-10(12-4-3-5-13(9-12)21-2)15(18)17-14(16(19)20)8-11-6-7-11/h3-5,9-11,14H,6-8H2,1-2H3,(H,17,18)(H,19,20). The van der Waals surface area contributed by atoms with Crippen molar-refractivity contribution in [1.29, 1.82) is 0 Å². The maximum atomic E-state index is 12.2. The van der Waals surface area contributed by atoms with E-state index in [1.807, 2.05) is 12.1 Å². The van der Waals surface area contributed by atoms with Gasteiger partial charge in [-0.25, -0.2) is 4.79 Å². The highest BCUT2D eigenvalue weighted by Gasteiger charge is 2.31. The number of rotatable bonds is 7. The number of aliphatic carboxylic acids is 1. The van der Waals surface area contributed by atoms with Crippen LogP contribution in [0.3, 0.4) is 0 Å². The minimum absolute atomic E-state index is 0.267. The highest BCUT2D eigenvalue weighted by atomic mass is 16.5. The van der Waals surface area contributed by atoms with Gasteiger partial charge in [-0.15, -0.1) is 0 Å². The van der Waals surface area contributed by atoms with E-state index in [-0.39, 0.29) is 5.91 Å². The third kappa shape index (κ3) is 4.21. The Balaban J connectivity index is 2.01. The van der Waals surface area contributed by atoms with Crippen LogP contribution in [0.25, 0.3) is 0 Å². The van der Waals surface area contributed by atoms with Crippen LogP contribution in [0.15, 0.2) is 24.3 Å². The SMILES string of the molecule is COc1cccc(C(C)C(=O)NC(CC2CC2)C(=O)O)c1. The van der Waals surface area contributed by atoms with Crippen LogP contribution < -0.4 is 10.1 Å². The highest BCUT2D eigenvalue weighted by Crippen LogP contribution is 2.33. The molecule has 0 bridgehead atoms. The largest absolute Gasteiger partial charge is 0.497 e. The monoisotopic (exact) mass is 291 g/mol. The second-order valence-electron chi connectivity index (χ2n) is 5.58. The molecule has 0 aromatic heterocycles. The summed E-state index contributed by atoms with van der Waals surface area (Å²) in [6, 6.07) is 6.46. The molecule has 114 valence electrons. The summed E-state index contributed by atoms with van der Waals surface area (Å²) in [5.41, 5.74) is 0.808. The highest BCUT2D eigenvalue weighted by molar-refractivity contribution is 5.87. The molecular formula is C16H21NO4. The van der Waals surface area contributed by atoms with Crippen molar-refractivity contribution in [3.63, 3.8) is 0 Å². The Kier molecular flexibility index (Phi) is 4.83. The van der Waals surface area contributed by atoms with Crippen molar-refractivity contribution >= 4 is 11.9 Å². The minimum atomic E-state index is -0.965. The second-order valence-corrected chi connectivity index (χ2v) is 5.58. The fourth-order valence-corrected chi connectivity index (χ4v) is 2.27. The molecule has 1 aliphatic rings. The van der Waals surface area contributed by atoms with Crippen LogP contribution in [0.4, 0.5) is 0 Å². The molecule has 21 heavy (non-hydrogen) atoms. The smallest absolute Gasteiger partial charge is 0.326 e. The molecule has 1 fully saturated rings. The maximum Gasteiger partial charge on any atom is 0.326 e. The lowest BCUT2D eigenvalue weighted by Crippen LogP contribution is -2.42. The summed E-state index contributed by atoms with van der Waals surface area (Å²) in [6.45, 7) is 1.76. The van der Waals surface area contributed by atoms with Crippen molar-refractivity contribution < 1.29 is 19.4 Å². The molecule has 1 amide bonds. The van der Waals surface area contributed by atoms with Crippen molar-refractivity contribution in [2.45, 2.75) is 38.1 Å². The van der Waals surface area contributed by atoms with E-state index in [0.29, 0.717) is 18.1 Å². The fraction of sp³-hybridized carbons (Fsp3) is 0.500. The number of methoxy groups -OCH3 is 1. The van der Waals surface area contributed by atoms with Crippen LogP contribution in [0, 0.1) is 5.92 Å². The Labute approximate surface area is 124 Å². The summed E-state index contributed by atoms with van der Waals surface area (Å²) in [6.07, 6.45) is 2.64. The quantitative estimate of drug-likeness (QED) is 0.807. The van der Waals surface area contributed by atoms with Gasteiger partial charge in [-0.1, -0.05) is 25.0 Å². The van der Waals surface area contributed by atoms with Crippen molar-refractivity contribution in [3.05, 3.63) is 29.8 Å². The number of carbonyl (C=O) groups is 2. The lowest BCUT2D eigenvalue weighted by molar-refractivity contribution is -0.142. The molecule has 1 saturated carbocycles. The lowest BCUT2D eigenvalue weighted by atomic mass is 9.99. The molecule has 5 heteroatoms. The van der Waals surface area contributed by atoms with Gasteiger partial charge in [-0.05, 0) is 37.0 Å². The van der Waals surface area contributed by atoms with Crippen molar-refractivity contribution in [3.8, 4) is 5.75 Å². The Hall–Kier alpha value is -2.04. The second kappa shape index (κ2) is 6.61. The average Bonchev–Trinajstić information content (AvgIpc) is 3.29. The molecule has 0 spiro atoms. The van der Waals surface area contributed by atoms with E-state index >= 15 is 0 Å². The van der Waals surface area contributed by atoms with Gasteiger partial charge in [-0.3, -0.25) is 4.79 Å². The van der Waals surface area contributed by atoms with E-state index < -0.39 is 17.9 Å². The third-order valence-corrected chi connectivity index (χ3v) is 3.87. The molecule has 1 aromatic rings. The van der Waals surface area contributed by atoms with Crippen LogP contribution in [0.5, 0.6) is 5.75 Å². The number of nitrogens with one attached hydrogen (secondary N) is 1. The Morgan fingerprint density at radius 1 is 1.43 bits per heavy atom. The fourth-order valence-electron chi connectivity index (χ4n) is 2.27. The van der Waals surface area contributed by atoms with Crippen LogP contribution >= 0.6 is 0 Å². The van der Waals surface area contributed by atoms with Gasteiger partial charge in [0.2, 0.25) is 5.91 Å². The van der Waals surface area contributed by atoms with Crippen molar-refractivity contribution in [2.24, 2.45) is 5.92 Å². The molecule has 5 nitrogen and oxygen atoms in total. The molecule has 2 N–H and O–H groups in total. The first-order chi connectivity index (χ1) is 10.0. The molecule has 2 unspecified atom stereocenters. The third-order valence-electron chi connectivity index (χ3n) is 3.87. The number of benzene rings is 1. The zero-order valence-electron chi connectivity index (χ0n) is 12.3. The first-order valence-electron chi connectivity index (χ1n) is 7.18. The van der Waals surface area contributed by atoms with Gasteiger partial charge < -0.3 is 15.2 Å². The summed E-state index contributed by atoms with van der Waals surface area (Å²) in [5.74, 6) is -0.524. The molecule has 0 radical (unpaired) electrons. The number of ether oxygens (including phenoxy) is 1. The van der Waals surface area contributed by atoms with Crippen LogP contribution in [-0.4, -0.2) is 30.1 Å². The van der Waals surface area contributed by atoms with E-state index in [4.69, 9.17) is 4.74 Å². The van der Waals surface area contributed by atoms with E-state index in [1.54, 1.807) is 26.2 Å². The number of hydrogen-bond donors (Lipinski definition) is 2. The van der Waals surface area contributed by atoms with Gasteiger partial charge in [0, 0.05) is 0 Å². The van der Waals surface area contributed by atoms with E-state index in [1.165, 1.54) is 0 Å². The van der Waals surface area contributed by atoms with E-state index in [9.17, 15) is 14.7 Å². The number of amides is 1. The first kappa shape index (κ1) is 15.4. The lowest BCUT2D eigenvalue weighted by Gasteiger charge is -2.18. The molecule has 1 aromatic carbocycles. The Bertz CT molecular complexity index is 525.